The Morgan fingerprint density at radius 3 is 2.48 bits per heavy atom. The highest BCUT2D eigenvalue weighted by Gasteiger charge is 2.19. The second kappa shape index (κ2) is 9.82. The Kier molecular flexibility index (Phi) is 8.42. The molecule has 0 heterocycles. The Morgan fingerprint density at radius 1 is 1.24 bits per heavy atom. The van der Waals surface area contributed by atoms with Crippen LogP contribution in [0.2, 0.25) is 0 Å². The van der Waals surface area contributed by atoms with Crippen molar-refractivity contribution < 1.29 is 19.7 Å². The summed E-state index contributed by atoms with van der Waals surface area (Å²) in [6.07, 6.45) is 1.38. The van der Waals surface area contributed by atoms with Crippen LogP contribution in [-0.2, 0) is 4.79 Å². The maximum atomic E-state index is 10.9. The Hall–Kier alpha value is -1.04. The second-order valence-corrected chi connectivity index (χ2v) is 6.14. The number of unbranched alkanes of at least 4 members (excludes halogenated alkanes) is 2. The molecule has 2 N–H and O–H groups in total. The Labute approximate surface area is 130 Å². The lowest BCUT2D eigenvalue weighted by molar-refractivity contribution is -0.109. The van der Waals surface area contributed by atoms with Gasteiger partial charge in [0.25, 0.3) is 0 Å². The van der Waals surface area contributed by atoms with E-state index in [9.17, 15) is 15.0 Å². The van der Waals surface area contributed by atoms with Gasteiger partial charge in [-0.3, -0.25) is 4.79 Å². The van der Waals surface area contributed by atoms with E-state index >= 15 is 0 Å². The van der Waals surface area contributed by atoms with Crippen molar-refractivity contribution in [3.8, 4) is 5.75 Å². The molecule has 0 spiro atoms. The fourth-order valence-electron chi connectivity index (χ4n) is 1.82. The summed E-state index contributed by atoms with van der Waals surface area (Å²) < 4.78 is 5.59. The lowest BCUT2D eigenvalue weighted by Crippen LogP contribution is -2.21. The molecule has 0 bridgehead atoms. The largest absolute Gasteiger partial charge is 0.494 e. The molecule has 0 fully saturated rings. The molecule has 0 saturated carbocycles. The first kappa shape index (κ1) is 18.0. The van der Waals surface area contributed by atoms with Crippen LogP contribution in [0.25, 0.3) is 0 Å². The van der Waals surface area contributed by atoms with Crippen LogP contribution in [0.5, 0.6) is 5.75 Å². The molecule has 0 amide bonds. The van der Waals surface area contributed by atoms with Gasteiger partial charge in [0.15, 0.2) is 5.12 Å². The summed E-state index contributed by atoms with van der Waals surface area (Å²) in [5.74, 6) is 0.945. The van der Waals surface area contributed by atoms with Gasteiger partial charge in [-0.05, 0) is 24.1 Å². The van der Waals surface area contributed by atoms with Crippen LogP contribution in [0.1, 0.15) is 44.8 Å². The predicted molar refractivity (Wildman–Crippen MR) is 85.6 cm³/mol. The van der Waals surface area contributed by atoms with Crippen molar-refractivity contribution in [3.63, 3.8) is 0 Å². The molecule has 21 heavy (non-hydrogen) atoms. The van der Waals surface area contributed by atoms with Gasteiger partial charge in [-0.15, -0.1) is 0 Å². The summed E-state index contributed by atoms with van der Waals surface area (Å²) in [5, 5.41) is 19.8. The molecule has 118 valence electrons. The molecule has 0 aliphatic carbocycles. The molecule has 1 aromatic rings. The van der Waals surface area contributed by atoms with Crippen LogP contribution in [-0.4, -0.2) is 33.8 Å². The van der Waals surface area contributed by atoms with E-state index < -0.39 is 12.2 Å². The van der Waals surface area contributed by atoms with Crippen molar-refractivity contribution in [2.45, 2.75) is 45.3 Å². The van der Waals surface area contributed by atoms with Crippen molar-refractivity contribution in [1.82, 2.24) is 0 Å². The fourth-order valence-corrected chi connectivity index (χ4v) is 2.41. The maximum Gasteiger partial charge on any atom is 0.185 e. The fraction of sp³-hybridized carbons (Fsp3) is 0.562. The Balaban J connectivity index is 2.46. The van der Waals surface area contributed by atoms with Crippen molar-refractivity contribution in [2.24, 2.45) is 0 Å². The number of thioether (sulfide) groups is 1. The van der Waals surface area contributed by atoms with E-state index in [1.54, 1.807) is 24.3 Å². The van der Waals surface area contributed by atoms with E-state index in [4.69, 9.17) is 4.74 Å². The lowest BCUT2D eigenvalue weighted by atomic mass is 10.1. The van der Waals surface area contributed by atoms with E-state index in [2.05, 4.69) is 6.92 Å². The zero-order valence-corrected chi connectivity index (χ0v) is 13.4. The minimum atomic E-state index is -0.994. The van der Waals surface area contributed by atoms with E-state index in [0.717, 1.165) is 36.8 Å². The van der Waals surface area contributed by atoms with Gasteiger partial charge >= 0.3 is 0 Å². The highest BCUT2D eigenvalue weighted by atomic mass is 32.2. The van der Waals surface area contributed by atoms with Crippen LogP contribution >= 0.6 is 11.8 Å². The predicted octanol–water partition coefficient (Wildman–Crippen LogP) is 2.93. The molecule has 1 rings (SSSR count). The van der Waals surface area contributed by atoms with E-state index in [1.165, 1.54) is 6.92 Å². The highest BCUT2D eigenvalue weighted by Crippen LogP contribution is 2.22. The van der Waals surface area contributed by atoms with Crippen molar-refractivity contribution in [2.75, 3.05) is 12.4 Å². The minimum absolute atomic E-state index is 0.0722. The third-order valence-electron chi connectivity index (χ3n) is 3.06. The first-order valence-electron chi connectivity index (χ1n) is 7.26. The summed E-state index contributed by atoms with van der Waals surface area (Å²) in [6.45, 7) is 4.27. The number of aliphatic hydroxyl groups excluding tert-OH is 2. The van der Waals surface area contributed by atoms with Crippen LogP contribution < -0.4 is 4.74 Å². The van der Waals surface area contributed by atoms with Crippen LogP contribution in [0.15, 0.2) is 24.3 Å². The average Bonchev–Trinajstić information content (AvgIpc) is 2.49. The zero-order valence-electron chi connectivity index (χ0n) is 12.6. The molecule has 2 atom stereocenters. The number of carbonyl (C=O) groups excluding carboxylic acids is 1. The van der Waals surface area contributed by atoms with Crippen LogP contribution in [0, 0.1) is 0 Å². The van der Waals surface area contributed by atoms with Gasteiger partial charge in [-0.2, -0.15) is 0 Å². The Morgan fingerprint density at radius 2 is 1.90 bits per heavy atom. The number of carbonyl (C=O) groups is 1. The van der Waals surface area contributed by atoms with Gasteiger partial charge < -0.3 is 14.9 Å². The van der Waals surface area contributed by atoms with E-state index in [-0.39, 0.29) is 10.9 Å². The second-order valence-electron chi connectivity index (χ2n) is 4.94. The summed E-state index contributed by atoms with van der Waals surface area (Å²) >= 11 is 1.01. The number of benzene rings is 1. The van der Waals surface area contributed by atoms with Crippen LogP contribution in [0.3, 0.4) is 0 Å². The number of rotatable bonds is 9. The molecular formula is C16H24O4S. The van der Waals surface area contributed by atoms with E-state index in [1.807, 2.05) is 0 Å². The van der Waals surface area contributed by atoms with E-state index in [0.29, 0.717) is 12.2 Å². The standard InChI is InChI=1S/C16H24O4S/c1-3-4-5-10-20-14-8-6-13(7-9-14)16(19)15(18)11-21-12(2)17/h6-9,15-16,18-19H,3-5,10-11H2,1-2H3. The average molecular weight is 312 g/mol. The summed E-state index contributed by atoms with van der Waals surface area (Å²) in [6, 6.07) is 7.05. The first-order chi connectivity index (χ1) is 10.0. The number of aliphatic hydroxyl groups is 2. The van der Waals surface area contributed by atoms with Gasteiger partial charge in [0.1, 0.15) is 11.9 Å². The molecule has 4 nitrogen and oxygen atoms in total. The van der Waals surface area contributed by atoms with Crippen molar-refractivity contribution in [1.29, 1.82) is 0 Å². The lowest BCUT2D eigenvalue weighted by Gasteiger charge is -2.17. The Bertz CT molecular complexity index is 419. The molecule has 0 aliphatic heterocycles. The summed E-state index contributed by atoms with van der Waals surface area (Å²) in [5.41, 5.74) is 0.618. The SMILES string of the molecule is CCCCCOc1ccc(C(O)C(O)CSC(C)=O)cc1. The molecule has 0 aromatic heterocycles. The molecular weight excluding hydrogens is 288 g/mol. The van der Waals surface area contributed by atoms with Gasteiger partial charge in [0.05, 0.1) is 12.7 Å². The van der Waals surface area contributed by atoms with Gasteiger partial charge in [-0.1, -0.05) is 43.7 Å². The molecule has 0 radical (unpaired) electrons. The quantitative estimate of drug-likeness (QED) is 0.686. The van der Waals surface area contributed by atoms with Crippen LogP contribution in [0.4, 0.5) is 0 Å². The summed E-state index contributed by atoms with van der Waals surface area (Å²) in [7, 11) is 0. The number of ether oxygens (including phenoxy) is 1. The van der Waals surface area contributed by atoms with Gasteiger partial charge in [0.2, 0.25) is 0 Å². The monoisotopic (exact) mass is 312 g/mol. The van der Waals surface area contributed by atoms with Gasteiger partial charge in [0, 0.05) is 12.7 Å². The van der Waals surface area contributed by atoms with Crippen molar-refractivity contribution in [3.05, 3.63) is 29.8 Å². The topological polar surface area (TPSA) is 66.8 Å². The molecule has 1 aromatic carbocycles. The molecule has 0 aliphatic rings. The first-order valence-corrected chi connectivity index (χ1v) is 8.25. The number of hydrogen-bond acceptors (Lipinski definition) is 5. The third-order valence-corrected chi connectivity index (χ3v) is 3.97. The zero-order chi connectivity index (χ0) is 15.7. The minimum Gasteiger partial charge on any atom is -0.494 e. The third kappa shape index (κ3) is 6.98. The maximum absolute atomic E-state index is 10.9. The smallest absolute Gasteiger partial charge is 0.185 e. The normalized spacial score (nSPS) is 13.7. The molecule has 5 heteroatoms. The highest BCUT2D eigenvalue weighted by molar-refractivity contribution is 8.13. The number of hydrogen-bond donors (Lipinski definition) is 2. The molecule has 2 unspecified atom stereocenters. The van der Waals surface area contributed by atoms with Gasteiger partial charge in [-0.25, -0.2) is 0 Å². The summed E-state index contributed by atoms with van der Waals surface area (Å²) in [4.78, 5) is 10.9. The molecule has 0 saturated heterocycles. The van der Waals surface area contributed by atoms with Crippen molar-refractivity contribution >= 4 is 16.9 Å².